The van der Waals surface area contributed by atoms with Gasteiger partial charge in [0.25, 0.3) is 0 Å². The highest BCUT2D eigenvalue weighted by Crippen LogP contribution is 2.32. The van der Waals surface area contributed by atoms with Crippen LogP contribution < -0.4 is 0 Å². The molecule has 0 aliphatic carbocycles. The maximum Gasteiger partial charge on any atom is 0.411 e. The minimum absolute atomic E-state index is 0.591. The molecule has 1 aromatic heterocycles. The number of hydrogen-bond acceptors (Lipinski definition) is 2. The molecular formula is C7H7F3N2O2. The number of hydrogen-bond donors (Lipinski definition) is 1. The summed E-state index contributed by atoms with van der Waals surface area (Å²) in [6, 6.07) is -0.796. The first-order valence-corrected chi connectivity index (χ1v) is 3.69. The van der Waals surface area contributed by atoms with E-state index in [1.54, 1.807) is 0 Å². The molecule has 0 radical (unpaired) electrons. The van der Waals surface area contributed by atoms with Gasteiger partial charge >= 0.3 is 12.1 Å². The Morgan fingerprint density at radius 1 is 1.57 bits per heavy atom. The van der Waals surface area contributed by atoms with Gasteiger partial charge in [-0.25, -0.2) is 0 Å². The highest BCUT2D eigenvalue weighted by Gasteiger charge is 2.42. The molecule has 0 aromatic carbocycles. The fourth-order valence-corrected chi connectivity index (χ4v) is 0.990. The van der Waals surface area contributed by atoms with Gasteiger partial charge in [0.2, 0.25) is 0 Å². The third-order valence-corrected chi connectivity index (χ3v) is 1.59. The minimum Gasteiger partial charge on any atom is -0.481 e. The number of carboxylic acid groups (broad SMARTS) is 1. The highest BCUT2D eigenvalue weighted by molar-refractivity contribution is 5.67. The van der Waals surface area contributed by atoms with Gasteiger partial charge in [-0.3, -0.25) is 9.48 Å². The lowest BCUT2D eigenvalue weighted by atomic mass is 10.2. The topological polar surface area (TPSA) is 55.1 Å². The van der Waals surface area contributed by atoms with E-state index in [9.17, 15) is 18.0 Å². The zero-order chi connectivity index (χ0) is 10.8. The maximum absolute atomic E-state index is 12.3. The van der Waals surface area contributed by atoms with Gasteiger partial charge in [-0.1, -0.05) is 0 Å². The van der Waals surface area contributed by atoms with Crippen LogP contribution in [0.4, 0.5) is 13.2 Å². The molecule has 1 atom stereocenters. The number of carboxylic acids is 1. The summed E-state index contributed by atoms with van der Waals surface area (Å²) >= 11 is 0. The molecule has 78 valence electrons. The summed E-state index contributed by atoms with van der Waals surface area (Å²) in [5, 5.41) is 11.7. The zero-order valence-electron chi connectivity index (χ0n) is 6.90. The summed E-state index contributed by atoms with van der Waals surface area (Å²) in [6.07, 6.45) is -3.38. The number of aliphatic carboxylic acids is 1. The first kappa shape index (κ1) is 10.6. The van der Waals surface area contributed by atoms with Crippen LogP contribution in [0, 0.1) is 0 Å². The van der Waals surface area contributed by atoms with E-state index in [0.717, 1.165) is 6.20 Å². The van der Waals surface area contributed by atoms with Gasteiger partial charge in [-0.05, 0) is 6.07 Å². The molecule has 0 aliphatic heterocycles. The van der Waals surface area contributed by atoms with Crippen LogP contribution in [-0.4, -0.2) is 27.0 Å². The largest absolute Gasteiger partial charge is 0.481 e. The lowest BCUT2D eigenvalue weighted by Gasteiger charge is -2.18. The first-order valence-electron chi connectivity index (χ1n) is 3.69. The lowest BCUT2D eigenvalue weighted by molar-refractivity contribution is -0.179. The second-order valence-corrected chi connectivity index (χ2v) is 2.64. The summed E-state index contributed by atoms with van der Waals surface area (Å²) in [5.74, 6) is -1.51. The van der Waals surface area contributed by atoms with Crippen molar-refractivity contribution in [2.24, 2.45) is 0 Å². The smallest absolute Gasteiger partial charge is 0.411 e. The van der Waals surface area contributed by atoms with Crippen molar-refractivity contribution in [3.63, 3.8) is 0 Å². The molecule has 0 bridgehead atoms. The summed E-state index contributed by atoms with van der Waals surface area (Å²) in [4.78, 5) is 10.2. The maximum atomic E-state index is 12.3. The van der Waals surface area contributed by atoms with Gasteiger partial charge in [0.1, 0.15) is 0 Å². The van der Waals surface area contributed by atoms with E-state index in [-0.39, 0.29) is 0 Å². The standard InChI is InChI=1S/C7H7F3N2O2/c8-7(9,10)5(4-6(13)14)12-3-1-2-11-12/h1-3,5H,4H2,(H,13,14)/t5-/m0/s1. The molecule has 1 heterocycles. The van der Waals surface area contributed by atoms with E-state index in [1.807, 2.05) is 0 Å². The van der Waals surface area contributed by atoms with Crippen LogP contribution in [0.25, 0.3) is 0 Å². The third-order valence-electron chi connectivity index (χ3n) is 1.59. The molecule has 1 aromatic rings. The van der Waals surface area contributed by atoms with Crippen LogP contribution in [0.1, 0.15) is 12.5 Å². The monoisotopic (exact) mass is 208 g/mol. The van der Waals surface area contributed by atoms with Crippen LogP contribution in [0.15, 0.2) is 18.5 Å². The number of nitrogens with zero attached hydrogens (tertiary/aromatic N) is 2. The fraction of sp³-hybridized carbons (Fsp3) is 0.429. The molecule has 0 fully saturated rings. The molecule has 0 amide bonds. The molecule has 0 saturated heterocycles. The summed E-state index contributed by atoms with van der Waals surface area (Å²) in [5.41, 5.74) is 0. The zero-order valence-corrected chi connectivity index (χ0v) is 6.90. The molecule has 14 heavy (non-hydrogen) atoms. The Bertz CT molecular complexity index is 307. The number of carbonyl (C=O) groups is 1. The van der Waals surface area contributed by atoms with E-state index < -0.39 is 24.6 Å². The quantitative estimate of drug-likeness (QED) is 0.818. The second-order valence-electron chi connectivity index (χ2n) is 2.64. The Kier molecular flexibility index (Phi) is 2.78. The Labute approximate surface area is 77.0 Å². The SMILES string of the molecule is O=C(O)C[C@H](n1cccn1)C(F)(F)F. The van der Waals surface area contributed by atoms with Gasteiger partial charge in [-0.15, -0.1) is 0 Å². The van der Waals surface area contributed by atoms with Gasteiger partial charge < -0.3 is 5.11 Å². The lowest BCUT2D eigenvalue weighted by Crippen LogP contribution is -2.29. The molecule has 0 spiro atoms. The van der Waals surface area contributed by atoms with Crippen LogP contribution >= 0.6 is 0 Å². The number of halogens is 3. The molecule has 0 unspecified atom stereocenters. The van der Waals surface area contributed by atoms with Crippen molar-refractivity contribution in [2.75, 3.05) is 0 Å². The third kappa shape index (κ3) is 2.48. The summed E-state index contributed by atoms with van der Waals surface area (Å²) < 4.78 is 37.5. The Morgan fingerprint density at radius 2 is 2.21 bits per heavy atom. The van der Waals surface area contributed by atoms with E-state index in [0.29, 0.717) is 4.68 Å². The predicted molar refractivity (Wildman–Crippen MR) is 39.6 cm³/mol. The van der Waals surface area contributed by atoms with Crippen molar-refractivity contribution in [3.05, 3.63) is 18.5 Å². The van der Waals surface area contributed by atoms with Crippen LogP contribution in [0.3, 0.4) is 0 Å². The van der Waals surface area contributed by atoms with Gasteiger partial charge in [0.15, 0.2) is 6.04 Å². The van der Waals surface area contributed by atoms with Crippen LogP contribution in [0.2, 0.25) is 0 Å². The van der Waals surface area contributed by atoms with Crippen LogP contribution in [0.5, 0.6) is 0 Å². The number of rotatable bonds is 3. The fourth-order valence-electron chi connectivity index (χ4n) is 0.990. The molecule has 7 heteroatoms. The predicted octanol–water partition coefficient (Wildman–Crippen LogP) is 1.46. The van der Waals surface area contributed by atoms with E-state index in [1.165, 1.54) is 12.3 Å². The van der Waals surface area contributed by atoms with Gasteiger partial charge in [0, 0.05) is 12.4 Å². The average Bonchev–Trinajstić information content (AvgIpc) is 2.49. The van der Waals surface area contributed by atoms with Crippen molar-refractivity contribution >= 4 is 5.97 Å². The van der Waals surface area contributed by atoms with Crippen molar-refractivity contribution in [2.45, 2.75) is 18.6 Å². The number of alkyl halides is 3. The molecule has 1 rings (SSSR count). The number of aromatic nitrogens is 2. The van der Waals surface area contributed by atoms with E-state index >= 15 is 0 Å². The van der Waals surface area contributed by atoms with Crippen molar-refractivity contribution < 1.29 is 23.1 Å². The van der Waals surface area contributed by atoms with Gasteiger partial charge in [-0.2, -0.15) is 18.3 Å². The Morgan fingerprint density at radius 3 is 2.57 bits per heavy atom. The summed E-state index contributed by atoms with van der Waals surface area (Å²) in [7, 11) is 0. The van der Waals surface area contributed by atoms with Crippen molar-refractivity contribution in [3.8, 4) is 0 Å². The molecule has 0 saturated carbocycles. The van der Waals surface area contributed by atoms with Crippen molar-refractivity contribution in [1.29, 1.82) is 0 Å². The molecule has 0 aliphatic rings. The minimum atomic E-state index is -4.61. The Balaban J connectivity index is 2.89. The van der Waals surface area contributed by atoms with Crippen molar-refractivity contribution in [1.82, 2.24) is 9.78 Å². The molecule has 4 nitrogen and oxygen atoms in total. The normalized spacial score (nSPS) is 13.9. The summed E-state index contributed by atoms with van der Waals surface area (Å²) in [6.45, 7) is 0. The average molecular weight is 208 g/mol. The van der Waals surface area contributed by atoms with E-state index in [2.05, 4.69) is 5.10 Å². The first-order chi connectivity index (χ1) is 6.41. The highest BCUT2D eigenvalue weighted by atomic mass is 19.4. The molecular weight excluding hydrogens is 201 g/mol. The van der Waals surface area contributed by atoms with Crippen LogP contribution in [-0.2, 0) is 4.79 Å². The Hall–Kier alpha value is -1.53. The van der Waals surface area contributed by atoms with E-state index in [4.69, 9.17) is 5.11 Å². The molecule has 1 N–H and O–H groups in total. The second kappa shape index (κ2) is 3.69. The van der Waals surface area contributed by atoms with Gasteiger partial charge in [0.05, 0.1) is 6.42 Å².